The number of hydrogen-bond acceptors (Lipinski definition) is 2. The van der Waals surface area contributed by atoms with Crippen LogP contribution in [0.5, 0.6) is 5.75 Å². The number of carbonyl (C=O) groups is 1. The second kappa shape index (κ2) is 4.45. The van der Waals surface area contributed by atoms with E-state index >= 15 is 0 Å². The number of hydrogen-bond donors (Lipinski definition) is 1. The summed E-state index contributed by atoms with van der Waals surface area (Å²) >= 11 is 3.29. The molecule has 1 aromatic rings. The van der Waals surface area contributed by atoms with E-state index in [4.69, 9.17) is 9.84 Å². The minimum atomic E-state index is -0.946. The van der Waals surface area contributed by atoms with E-state index in [1.807, 2.05) is 13.0 Å². The van der Waals surface area contributed by atoms with Gasteiger partial charge in [0.2, 0.25) is 0 Å². The van der Waals surface area contributed by atoms with Crippen molar-refractivity contribution in [2.24, 2.45) is 0 Å². The van der Waals surface area contributed by atoms with E-state index in [-0.39, 0.29) is 11.7 Å². The third-order valence-electron chi connectivity index (χ3n) is 2.81. The van der Waals surface area contributed by atoms with Gasteiger partial charge in [0.15, 0.2) is 0 Å². The monoisotopic (exact) mass is 284 g/mol. The van der Waals surface area contributed by atoms with Crippen LogP contribution in [0.2, 0.25) is 0 Å². The molecule has 1 saturated carbocycles. The molecule has 0 bridgehead atoms. The van der Waals surface area contributed by atoms with Crippen molar-refractivity contribution in [2.75, 3.05) is 0 Å². The van der Waals surface area contributed by atoms with E-state index in [1.54, 1.807) is 6.07 Å². The maximum atomic E-state index is 11.1. The molecule has 0 amide bonds. The SMILES string of the molecule is Cc1cc(Br)cc(C(=O)O)c1OC1CCC1. The van der Waals surface area contributed by atoms with Gasteiger partial charge < -0.3 is 9.84 Å². The fourth-order valence-electron chi connectivity index (χ4n) is 1.70. The predicted octanol–water partition coefficient (Wildman–Crippen LogP) is 3.39. The summed E-state index contributed by atoms with van der Waals surface area (Å²) in [5.74, 6) is -0.431. The van der Waals surface area contributed by atoms with Gasteiger partial charge in [-0.05, 0) is 43.9 Å². The van der Waals surface area contributed by atoms with E-state index in [1.165, 1.54) is 6.42 Å². The van der Waals surface area contributed by atoms with Gasteiger partial charge in [-0.2, -0.15) is 0 Å². The van der Waals surface area contributed by atoms with Crippen molar-refractivity contribution >= 4 is 21.9 Å². The Morgan fingerprint density at radius 3 is 2.69 bits per heavy atom. The van der Waals surface area contributed by atoms with Crippen molar-refractivity contribution in [3.63, 3.8) is 0 Å². The molecule has 1 aromatic carbocycles. The molecule has 2 rings (SSSR count). The van der Waals surface area contributed by atoms with Gasteiger partial charge in [-0.15, -0.1) is 0 Å². The molecular formula is C12H13BrO3. The summed E-state index contributed by atoms with van der Waals surface area (Å²) in [4.78, 5) is 11.1. The second-order valence-corrected chi connectivity index (χ2v) is 4.99. The number of ether oxygens (including phenoxy) is 1. The van der Waals surface area contributed by atoms with Crippen molar-refractivity contribution in [3.8, 4) is 5.75 Å². The molecule has 0 saturated heterocycles. The predicted molar refractivity (Wildman–Crippen MR) is 64.1 cm³/mol. The molecule has 0 aliphatic heterocycles. The van der Waals surface area contributed by atoms with Crippen LogP contribution in [-0.2, 0) is 0 Å². The first-order valence-corrected chi connectivity index (χ1v) is 6.07. The van der Waals surface area contributed by atoms with Gasteiger partial charge in [0, 0.05) is 4.47 Å². The molecule has 1 aliphatic carbocycles. The van der Waals surface area contributed by atoms with Crippen molar-refractivity contribution in [1.82, 2.24) is 0 Å². The Balaban J connectivity index is 2.35. The van der Waals surface area contributed by atoms with Gasteiger partial charge in [-0.1, -0.05) is 15.9 Å². The summed E-state index contributed by atoms with van der Waals surface area (Å²) in [5, 5.41) is 9.12. The van der Waals surface area contributed by atoms with Crippen LogP contribution in [0.1, 0.15) is 35.2 Å². The Bertz CT molecular complexity index is 425. The van der Waals surface area contributed by atoms with Crippen LogP contribution in [0.3, 0.4) is 0 Å². The Kier molecular flexibility index (Phi) is 3.19. The largest absolute Gasteiger partial charge is 0.489 e. The molecule has 1 fully saturated rings. The van der Waals surface area contributed by atoms with E-state index in [9.17, 15) is 4.79 Å². The molecule has 0 unspecified atom stereocenters. The van der Waals surface area contributed by atoms with E-state index in [2.05, 4.69) is 15.9 Å². The number of halogens is 1. The summed E-state index contributed by atoms with van der Waals surface area (Å²) in [6.45, 7) is 1.87. The fourth-order valence-corrected chi connectivity index (χ4v) is 2.27. The lowest BCUT2D eigenvalue weighted by molar-refractivity contribution is 0.0679. The first kappa shape index (κ1) is 11.5. The quantitative estimate of drug-likeness (QED) is 0.926. The summed E-state index contributed by atoms with van der Waals surface area (Å²) in [6, 6.07) is 3.46. The first-order chi connectivity index (χ1) is 7.58. The number of carboxylic acids is 1. The third-order valence-corrected chi connectivity index (χ3v) is 3.26. The van der Waals surface area contributed by atoms with Crippen LogP contribution in [0, 0.1) is 6.92 Å². The summed E-state index contributed by atoms with van der Waals surface area (Å²) in [5.41, 5.74) is 1.09. The standard InChI is InChI=1S/C12H13BrO3/c1-7-5-8(13)6-10(12(14)15)11(7)16-9-3-2-4-9/h5-6,9H,2-4H2,1H3,(H,14,15). The van der Waals surface area contributed by atoms with Crippen molar-refractivity contribution in [1.29, 1.82) is 0 Å². The zero-order chi connectivity index (χ0) is 11.7. The average molecular weight is 285 g/mol. The van der Waals surface area contributed by atoms with Crippen molar-refractivity contribution in [2.45, 2.75) is 32.3 Å². The molecule has 86 valence electrons. The van der Waals surface area contributed by atoms with Crippen LogP contribution < -0.4 is 4.74 Å². The number of aromatic carboxylic acids is 1. The van der Waals surface area contributed by atoms with Gasteiger partial charge >= 0.3 is 5.97 Å². The van der Waals surface area contributed by atoms with Gasteiger partial charge in [0.1, 0.15) is 11.3 Å². The number of carboxylic acid groups (broad SMARTS) is 1. The molecule has 1 aliphatic rings. The van der Waals surface area contributed by atoms with Crippen LogP contribution in [0.4, 0.5) is 0 Å². The maximum absolute atomic E-state index is 11.1. The van der Waals surface area contributed by atoms with Crippen LogP contribution in [0.15, 0.2) is 16.6 Å². The zero-order valence-electron chi connectivity index (χ0n) is 9.00. The number of rotatable bonds is 3. The van der Waals surface area contributed by atoms with Gasteiger partial charge in [-0.3, -0.25) is 0 Å². The molecule has 0 atom stereocenters. The summed E-state index contributed by atoms with van der Waals surface area (Å²) < 4.78 is 6.49. The van der Waals surface area contributed by atoms with E-state index < -0.39 is 5.97 Å². The number of aryl methyl sites for hydroxylation is 1. The van der Waals surface area contributed by atoms with E-state index in [0.717, 1.165) is 22.9 Å². The Labute approximate surface area is 103 Å². The molecule has 0 radical (unpaired) electrons. The maximum Gasteiger partial charge on any atom is 0.339 e. The molecular weight excluding hydrogens is 272 g/mol. The Morgan fingerprint density at radius 1 is 1.50 bits per heavy atom. The zero-order valence-corrected chi connectivity index (χ0v) is 10.6. The molecule has 4 heteroatoms. The lowest BCUT2D eigenvalue weighted by Crippen LogP contribution is -2.25. The summed E-state index contributed by atoms with van der Waals surface area (Å²) in [6.07, 6.45) is 3.41. The fraction of sp³-hybridized carbons (Fsp3) is 0.417. The lowest BCUT2D eigenvalue weighted by Gasteiger charge is -2.28. The van der Waals surface area contributed by atoms with E-state index in [0.29, 0.717) is 5.75 Å². The second-order valence-electron chi connectivity index (χ2n) is 4.08. The average Bonchev–Trinajstić information content (AvgIpc) is 2.12. The molecule has 3 nitrogen and oxygen atoms in total. The number of benzene rings is 1. The smallest absolute Gasteiger partial charge is 0.339 e. The lowest BCUT2D eigenvalue weighted by atomic mass is 9.96. The highest BCUT2D eigenvalue weighted by atomic mass is 79.9. The highest BCUT2D eigenvalue weighted by Crippen LogP contribution is 2.32. The molecule has 16 heavy (non-hydrogen) atoms. The van der Waals surface area contributed by atoms with Crippen molar-refractivity contribution < 1.29 is 14.6 Å². The minimum Gasteiger partial charge on any atom is -0.489 e. The Hall–Kier alpha value is -1.03. The highest BCUT2D eigenvalue weighted by molar-refractivity contribution is 9.10. The molecule has 0 heterocycles. The van der Waals surface area contributed by atoms with Gasteiger partial charge in [0.25, 0.3) is 0 Å². The van der Waals surface area contributed by atoms with Gasteiger partial charge in [0.05, 0.1) is 6.10 Å². The topological polar surface area (TPSA) is 46.5 Å². The van der Waals surface area contributed by atoms with Crippen LogP contribution in [-0.4, -0.2) is 17.2 Å². The normalized spacial score (nSPS) is 15.6. The highest BCUT2D eigenvalue weighted by Gasteiger charge is 2.23. The first-order valence-electron chi connectivity index (χ1n) is 5.28. The van der Waals surface area contributed by atoms with Gasteiger partial charge in [-0.25, -0.2) is 4.79 Å². The Morgan fingerprint density at radius 2 is 2.19 bits per heavy atom. The van der Waals surface area contributed by atoms with Crippen LogP contribution >= 0.6 is 15.9 Å². The molecule has 0 aromatic heterocycles. The molecule has 0 spiro atoms. The third kappa shape index (κ3) is 2.21. The van der Waals surface area contributed by atoms with Crippen molar-refractivity contribution in [3.05, 3.63) is 27.7 Å². The van der Waals surface area contributed by atoms with Crippen LogP contribution in [0.25, 0.3) is 0 Å². The minimum absolute atomic E-state index is 0.193. The molecule has 1 N–H and O–H groups in total. The summed E-state index contributed by atoms with van der Waals surface area (Å²) in [7, 11) is 0.